The topological polar surface area (TPSA) is 181 Å². The second-order valence-corrected chi connectivity index (χ2v) is 19.9. The molecule has 1 unspecified atom stereocenters. The number of amides is 1. The number of aliphatic hydroxyl groups excluding tert-OH is 1. The predicted molar refractivity (Wildman–Crippen MR) is 275 cm³/mol. The molecule has 6 N–H and O–H groups in total. The van der Waals surface area contributed by atoms with E-state index in [2.05, 4.69) is 39.3 Å². The zero-order valence-electron chi connectivity index (χ0n) is 42.4. The number of piperidine rings is 5. The maximum atomic E-state index is 12.9. The van der Waals surface area contributed by atoms with Gasteiger partial charge in [-0.2, -0.15) is 0 Å². The number of hydrogen-bond acceptors (Lipinski definition) is 11. The molecule has 6 atom stereocenters. The number of primary amides is 1. The first-order valence-corrected chi connectivity index (χ1v) is 24.9. The van der Waals surface area contributed by atoms with E-state index in [1.807, 2.05) is 52.0 Å². The van der Waals surface area contributed by atoms with Crippen LogP contribution in [0.1, 0.15) is 134 Å². The molecule has 6 fully saturated rings. The minimum absolute atomic E-state index is 0. The molecule has 1 aliphatic carbocycles. The van der Waals surface area contributed by atoms with Crippen molar-refractivity contribution in [2.75, 3.05) is 52.9 Å². The van der Waals surface area contributed by atoms with Crippen LogP contribution in [0.4, 0.5) is 4.39 Å². The van der Waals surface area contributed by atoms with Gasteiger partial charge in [0.1, 0.15) is 23.4 Å². The van der Waals surface area contributed by atoms with Crippen molar-refractivity contribution >= 4 is 34.7 Å². The van der Waals surface area contributed by atoms with Gasteiger partial charge in [-0.25, -0.2) is 4.39 Å². The fourth-order valence-corrected chi connectivity index (χ4v) is 10.6. The number of methoxy groups -OCH3 is 1. The molecule has 9 rings (SSSR count). The van der Waals surface area contributed by atoms with Gasteiger partial charge in [0, 0.05) is 55.7 Å². The molecule has 5 saturated heterocycles. The van der Waals surface area contributed by atoms with Crippen LogP contribution in [0.25, 0.3) is 10.9 Å². The van der Waals surface area contributed by atoms with Crippen LogP contribution < -0.4 is 16.6 Å². The number of allylic oxidation sites excluding steroid dienone is 4. The molecule has 378 valence electrons. The van der Waals surface area contributed by atoms with Gasteiger partial charge in [0.05, 0.1) is 18.7 Å². The normalized spacial score (nSPS) is 23.4. The molecule has 5 aliphatic heterocycles. The maximum Gasteiger partial charge on any atom is 0.238 e. The van der Waals surface area contributed by atoms with Gasteiger partial charge in [-0.05, 0) is 195 Å². The number of hydrogen-bond donors (Lipinski definition) is 3. The standard InChI is InChI=1S/C21H30FN3O2.C20H24N2O2.C10H16O.C5H8O.H3N/c22-18-8-6-17(7-9-18)19(26)5-4-12-24-15-10-21(11-16-24,20(23)27)25-13-2-1-3-14-25;1-3-13-12-22-9-7-14(13)10-19(22)20(23)16-6-8-21-18-5-4-15(24-2)11-17(16)18;1-7(2)9-5-4-8(3)6-10(9)11;1-5(2)3-4-6;/h6-9H,1-5,10-16H2,(H2,23,27);3-6,8,11,13-14,19-20,23H,1,7,9-10,12H2,2H3;8H,4-6H2,1-3H3;3-4H,1-2H3;1H3/t;13-,14-,19-,20+;8-;;/m.01../s1. The lowest BCUT2D eigenvalue weighted by atomic mass is 9.73. The minimum Gasteiger partial charge on any atom is -0.497 e. The Labute approximate surface area is 411 Å². The summed E-state index contributed by atoms with van der Waals surface area (Å²) in [5.74, 6) is 2.52. The molecule has 1 saturated carbocycles. The number of nitrogens with two attached hydrogens (primary N) is 1. The number of likely N-dealkylation sites (tertiary alicyclic amines) is 2. The van der Waals surface area contributed by atoms with E-state index in [1.54, 1.807) is 25.4 Å². The third kappa shape index (κ3) is 15.5. The lowest BCUT2D eigenvalue weighted by Gasteiger charge is -2.50. The van der Waals surface area contributed by atoms with Crippen LogP contribution >= 0.6 is 0 Å². The number of nitrogens with zero attached hydrogens (tertiary/aromatic N) is 4. The molecule has 0 radical (unpaired) electrons. The van der Waals surface area contributed by atoms with Gasteiger partial charge in [-0.1, -0.05) is 30.6 Å². The SMILES string of the molecule is C=C[C@H]1CN2CC[C@H]1C[C@H]2[C@H](O)c1ccnc2ccc(OC)cc12.CC(C)=C1CC[C@@H](C)CC1=O.CC(C)=CC=O.N.NC(=O)C1(N2CCCCC2)CCN(CCCC(=O)c2ccc(F)cc2)CC1. The largest absolute Gasteiger partial charge is 0.497 e. The summed E-state index contributed by atoms with van der Waals surface area (Å²) in [7, 11) is 1.66. The highest BCUT2D eigenvalue weighted by atomic mass is 19.1. The highest BCUT2D eigenvalue weighted by Gasteiger charge is 2.45. The number of halogens is 1. The number of carbonyl (C=O) groups is 4. The molecule has 0 spiro atoms. The lowest BCUT2D eigenvalue weighted by Crippen LogP contribution is -2.63. The summed E-state index contributed by atoms with van der Waals surface area (Å²) in [4.78, 5) is 56.9. The van der Waals surface area contributed by atoms with Crippen molar-refractivity contribution in [3.8, 4) is 5.75 Å². The number of benzene rings is 2. The monoisotopic (exact) mass is 953 g/mol. The van der Waals surface area contributed by atoms with Crippen molar-refractivity contribution in [1.82, 2.24) is 25.8 Å². The average molecular weight is 953 g/mol. The maximum absolute atomic E-state index is 12.9. The number of Topliss-reactive ketones (excluding diaryl/α,β-unsaturated/α-hetero) is 2. The fourth-order valence-electron chi connectivity index (χ4n) is 10.6. The smallest absolute Gasteiger partial charge is 0.238 e. The van der Waals surface area contributed by atoms with E-state index >= 15 is 0 Å². The molecule has 3 aromatic rings. The summed E-state index contributed by atoms with van der Waals surface area (Å²) in [6, 6.07) is 13.7. The van der Waals surface area contributed by atoms with Crippen molar-refractivity contribution in [3.05, 3.63) is 107 Å². The van der Waals surface area contributed by atoms with E-state index < -0.39 is 11.6 Å². The molecular weight excluding hydrogens is 872 g/mol. The number of pyridine rings is 1. The highest BCUT2D eigenvalue weighted by Crippen LogP contribution is 2.42. The van der Waals surface area contributed by atoms with Gasteiger partial charge < -0.3 is 26.6 Å². The van der Waals surface area contributed by atoms with Crippen molar-refractivity contribution in [2.24, 2.45) is 23.5 Å². The van der Waals surface area contributed by atoms with Crippen molar-refractivity contribution in [3.63, 3.8) is 0 Å². The van der Waals surface area contributed by atoms with Crippen LogP contribution in [0.2, 0.25) is 0 Å². The second-order valence-electron chi connectivity index (χ2n) is 19.9. The molecule has 2 aromatic carbocycles. The molecule has 13 heteroatoms. The zero-order chi connectivity index (χ0) is 49.4. The average Bonchev–Trinajstić information content (AvgIpc) is 3.34. The first-order chi connectivity index (χ1) is 32.6. The Bertz CT molecular complexity index is 2220. The molecule has 1 amide bonds. The van der Waals surface area contributed by atoms with Gasteiger partial charge in [-0.3, -0.25) is 34.0 Å². The van der Waals surface area contributed by atoms with Crippen LogP contribution in [0.15, 0.2) is 90.2 Å². The van der Waals surface area contributed by atoms with E-state index in [9.17, 15) is 28.7 Å². The van der Waals surface area contributed by atoms with Crippen LogP contribution in [-0.4, -0.2) is 113 Å². The first-order valence-electron chi connectivity index (χ1n) is 24.9. The highest BCUT2D eigenvalue weighted by molar-refractivity contribution is 5.97. The number of rotatable bonds is 12. The second kappa shape index (κ2) is 27.5. The van der Waals surface area contributed by atoms with Gasteiger partial charge in [0.2, 0.25) is 5.91 Å². The molecule has 69 heavy (non-hydrogen) atoms. The summed E-state index contributed by atoms with van der Waals surface area (Å²) >= 11 is 0. The third-order valence-corrected chi connectivity index (χ3v) is 14.7. The van der Waals surface area contributed by atoms with E-state index in [1.165, 1.54) is 43.0 Å². The molecular formula is C56H81FN6O6. The van der Waals surface area contributed by atoms with Crippen molar-refractivity contribution < 1.29 is 33.4 Å². The van der Waals surface area contributed by atoms with Gasteiger partial charge in [-0.15, -0.1) is 6.58 Å². The molecule has 12 nitrogen and oxygen atoms in total. The Kier molecular flexibility index (Phi) is 22.6. The lowest BCUT2D eigenvalue weighted by molar-refractivity contribution is -0.135. The Morgan fingerprint density at radius 1 is 1.00 bits per heavy atom. The number of ether oxygens (including phenoxy) is 1. The number of aliphatic hydroxyl groups is 1. The Morgan fingerprint density at radius 2 is 1.70 bits per heavy atom. The minimum atomic E-state index is -0.504. The quantitative estimate of drug-likeness (QED) is 0.0681. The fraction of sp³-hybridized carbons (Fsp3) is 0.554. The Balaban J connectivity index is 0.000000225. The summed E-state index contributed by atoms with van der Waals surface area (Å²) in [6.45, 7) is 20.5. The van der Waals surface area contributed by atoms with E-state index in [-0.39, 0.29) is 29.7 Å². The van der Waals surface area contributed by atoms with Crippen molar-refractivity contribution in [1.29, 1.82) is 0 Å². The molecule has 6 heterocycles. The summed E-state index contributed by atoms with van der Waals surface area (Å²) in [6.07, 6.45) is 17.2. The molecule has 2 bridgehead atoms. The van der Waals surface area contributed by atoms with E-state index in [0.717, 1.165) is 137 Å². The number of aromatic nitrogens is 1. The van der Waals surface area contributed by atoms with E-state index in [4.69, 9.17) is 10.5 Å². The van der Waals surface area contributed by atoms with Gasteiger partial charge in [0.15, 0.2) is 11.6 Å². The van der Waals surface area contributed by atoms with Crippen molar-refractivity contribution in [2.45, 2.75) is 129 Å². The summed E-state index contributed by atoms with van der Waals surface area (Å²) < 4.78 is 18.3. The van der Waals surface area contributed by atoms with Gasteiger partial charge >= 0.3 is 0 Å². The number of carbonyl (C=O) groups excluding carboxylic acids is 4. The Morgan fingerprint density at radius 3 is 2.25 bits per heavy atom. The number of fused-ring (bicyclic) bond motifs is 4. The molecule has 1 aromatic heterocycles. The van der Waals surface area contributed by atoms with Crippen LogP contribution in [0.3, 0.4) is 0 Å². The van der Waals surface area contributed by atoms with E-state index in [0.29, 0.717) is 35.5 Å². The van der Waals surface area contributed by atoms with Crippen LogP contribution in [0.5, 0.6) is 5.75 Å². The number of ketones is 2. The number of aldehydes is 1. The molecule has 6 aliphatic rings. The van der Waals surface area contributed by atoms with Crippen LogP contribution in [0, 0.1) is 23.6 Å². The first kappa shape index (κ1) is 56.7. The van der Waals surface area contributed by atoms with Gasteiger partial charge in [0.25, 0.3) is 0 Å². The Hall–Kier alpha value is -4.92. The van der Waals surface area contributed by atoms with Crippen LogP contribution in [-0.2, 0) is 14.4 Å². The third-order valence-electron chi connectivity index (χ3n) is 14.7. The summed E-state index contributed by atoms with van der Waals surface area (Å²) in [5.41, 5.74) is 11.1. The predicted octanol–water partition coefficient (Wildman–Crippen LogP) is 9.79. The zero-order valence-corrected chi connectivity index (χ0v) is 42.4. The summed E-state index contributed by atoms with van der Waals surface area (Å²) in [5, 5.41) is 12.1.